The molecule has 0 spiro atoms. The second-order valence-electron chi connectivity index (χ2n) is 4.63. The normalized spacial score (nSPS) is 10.8. The smallest absolute Gasteiger partial charge is 0.256 e. The molecule has 0 aliphatic rings. The van der Waals surface area contributed by atoms with E-state index in [0.29, 0.717) is 22.9 Å². The number of aromatic nitrogens is 4. The fourth-order valence-corrected chi connectivity index (χ4v) is 2.38. The van der Waals surface area contributed by atoms with Crippen molar-refractivity contribution in [3.8, 4) is 0 Å². The minimum absolute atomic E-state index is 0.180. The van der Waals surface area contributed by atoms with Crippen LogP contribution in [0.15, 0.2) is 35.1 Å². The number of anilines is 1. The fraction of sp³-hybridized carbons (Fsp3) is 0.143. The van der Waals surface area contributed by atoms with Crippen LogP contribution in [0.5, 0.6) is 0 Å². The quantitative estimate of drug-likeness (QED) is 0.775. The molecule has 0 atom stereocenters. The van der Waals surface area contributed by atoms with Crippen LogP contribution in [0.2, 0.25) is 0 Å². The Bertz CT molecular complexity index is 842. The highest BCUT2D eigenvalue weighted by Gasteiger charge is 2.12. The van der Waals surface area contributed by atoms with Crippen LogP contribution in [0.4, 0.5) is 5.69 Å². The summed E-state index contributed by atoms with van der Waals surface area (Å²) < 4.78 is 2.63. The number of nitrogens with one attached hydrogen (secondary N) is 1. The third-order valence-electron chi connectivity index (χ3n) is 3.21. The van der Waals surface area contributed by atoms with Gasteiger partial charge in [-0.3, -0.25) is 9.20 Å². The molecule has 2 heterocycles. The van der Waals surface area contributed by atoms with Crippen LogP contribution in [0.1, 0.15) is 21.7 Å². The first kappa shape index (κ1) is 13.7. The van der Waals surface area contributed by atoms with Gasteiger partial charge in [0.1, 0.15) is 5.82 Å². The predicted octanol–water partition coefficient (Wildman–Crippen LogP) is 2.76. The van der Waals surface area contributed by atoms with E-state index in [1.165, 1.54) is 0 Å². The van der Waals surface area contributed by atoms with Crippen LogP contribution in [0, 0.1) is 13.8 Å². The zero-order chi connectivity index (χ0) is 15.0. The van der Waals surface area contributed by atoms with Crippen molar-refractivity contribution >= 4 is 33.3 Å². The van der Waals surface area contributed by atoms with E-state index < -0.39 is 0 Å². The molecule has 6 nitrogen and oxygen atoms in total. The average Bonchev–Trinajstić information content (AvgIpc) is 2.83. The number of halogens is 1. The Kier molecular flexibility index (Phi) is 3.42. The molecule has 0 aliphatic carbocycles. The maximum absolute atomic E-state index is 12.3. The van der Waals surface area contributed by atoms with Crippen molar-refractivity contribution < 1.29 is 4.79 Å². The zero-order valence-corrected chi connectivity index (χ0v) is 13.0. The third-order valence-corrected chi connectivity index (χ3v) is 4.06. The molecular weight excluding hydrogens is 334 g/mol. The summed E-state index contributed by atoms with van der Waals surface area (Å²) in [7, 11) is 0. The van der Waals surface area contributed by atoms with Crippen LogP contribution in [0.3, 0.4) is 0 Å². The number of nitrogens with zero attached hydrogens (tertiary/aromatic N) is 4. The van der Waals surface area contributed by atoms with Gasteiger partial charge < -0.3 is 5.32 Å². The summed E-state index contributed by atoms with van der Waals surface area (Å²) in [5.41, 5.74) is 2.10. The second-order valence-corrected chi connectivity index (χ2v) is 5.48. The molecular formula is C14H12BrN5O. The molecule has 106 valence electrons. The highest BCUT2D eigenvalue weighted by atomic mass is 79.9. The summed E-state index contributed by atoms with van der Waals surface area (Å²) in [5.74, 6) is 1.04. The van der Waals surface area contributed by atoms with Crippen molar-refractivity contribution in [3.05, 3.63) is 52.0 Å². The largest absolute Gasteiger partial charge is 0.319 e. The van der Waals surface area contributed by atoms with Crippen molar-refractivity contribution in [1.29, 1.82) is 0 Å². The average molecular weight is 346 g/mol. The predicted molar refractivity (Wildman–Crippen MR) is 82.4 cm³/mol. The molecule has 3 rings (SSSR count). The molecule has 0 fully saturated rings. The number of amides is 1. The molecule has 0 unspecified atom stereocenters. The van der Waals surface area contributed by atoms with Gasteiger partial charge in [-0.2, -0.15) is 0 Å². The van der Waals surface area contributed by atoms with Crippen molar-refractivity contribution in [1.82, 2.24) is 19.6 Å². The lowest BCUT2D eigenvalue weighted by Gasteiger charge is -2.09. The van der Waals surface area contributed by atoms with Crippen LogP contribution in [0.25, 0.3) is 5.78 Å². The van der Waals surface area contributed by atoms with Crippen molar-refractivity contribution in [2.24, 2.45) is 0 Å². The zero-order valence-electron chi connectivity index (χ0n) is 11.5. The summed E-state index contributed by atoms with van der Waals surface area (Å²) in [6.07, 6.45) is 3.32. The molecule has 1 N–H and O–H groups in total. The molecule has 0 radical (unpaired) electrons. The van der Waals surface area contributed by atoms with Gasteiger partial charge in [-0.25, -0.2) is 4.98 Å². The molecule has 7 heteroatoms. The van der Waals surface area contributed by atoms with Gasteiger partial charge in [0.05, 0.1) is 11.9 Å². The summed E-state index contributed by atoms with van der Waals surface area (Å²) in [4.78, 5) is 16.5. The van der Waals surface area contributed by atoms with E-state index in [1.54, 1.807) is 22.9 Å². The lowest BCUT2D eigenvalue weighted by molar-refractivity contribution is 0.102. The first-order valence-corrected chi connectivity index (χ1v) is 7.09. The molecule has 0 bridgehead atoms. The second kappa shape index (κ2) is 5.25. The number of fused-ring (bicyclic) bond motifs is 1. The van der Waals surface area contributed by atoms with Gasteiger partial charge in [0.2, 0.25) is 0 Å². The van der Waals surface area contributed by atoms with Gasteiger partial charge in [-0.05, 0) is 31.5 Å². The highest BCUT2D eigenvalue weighted by molar-refractivity contribution is 9.10. The number of aryl methyl sites for hydroxylation is 1. The summed E-state index contributed by atoms with van der Waals surface area (Å²) in [6, 6.07) is 5.52. The molecule has 1 aromatic carbocycles. The molecule has 21 heavy (non-hydrogen) atoms. The highest BCUT2D eigenvalue weighted by Crippen LogP contribution is 2.20. The van der Waals surface area contributed by atoms with Gasteiger partial charge in [-0.1, -0.05) is 22.0 Å². The Hall–Kier alpha value is -2.28. The monoisotopic (exact) mass is 345 g/mol. The number of carbonyl (C=O) groups is 1. The number of hydrogen-bond acceptors (Lipinski definition) is 4. The van der Waals surface area contributed by atoms with Crippen LogP contribution >= 0.6 is 15.9 Å². The van der Waals surface area contributed by atoms with E-state index in [1.807, 2.05) is 26.0 Å². The minimum atomic E-state index is -0.180. The van der Waals surface area contributed by atoms with Crippen LogP contribution in [-0.4, -0.2) is 25.5 Å². The lowest BCUT2D eigenvalue weighted by atomic mass is 10.1. The molecule has 0 saturated heterocycles. The number of hydrogen-bond donors (Lipinski definition) is 1. The topological polar surface area (TPSA) is 72.2 Å². The van der Waals surface area contributed by atoms with Gasteiger partial charge >= 0.3 is 0 Å². The van der Waals surface area contributed by atoms with Crippen molar-refractivity contribution in [3.63, 3.8) is 0 Å². The van der Waals surface area contributed by atoms with E-state index in [2.05, 4.69) is 36.4 Å². The first-order chi connectivity index (χ1) is 10.1. The van der Waals surface area contributed by atoms with E-state index in [9.17, 15) is 4.79 Å². The lowest BCUT2D eigenvalue weighted by Crippen LogP contribution is -2.14. The number of carbonyl (C=O) groups excluding carboxylic acids is 1. The summed E-state index contributed by atoms with van der Waals surface area (Å²) in [6.45, 7) is 3.72. The fourth-order valence-electron chi connectivity index (χ4n) is 2.01. The SMILES string of the molecule is Cc1c(Br)cccc1C(=O)Nc1cnc2nnc(C)n2c1. The minimum Gasteiger partial charge on any atom is -0.319 e. The maximum Gasteiger partial charge on any atom is 0.256 e. The third kappa shape index (κ3) is 2.52. The number of rotatable bonds is 2. The first-order valence-electron chi connectivity index (χ1n) is 6.30. The Morgan fingerprint density at radius 2 is 2.10 bits per heavy atom. The van der Waals surface area contributed by atoms with Crippen molar-refractivity contribution in [2.45, 2.75) is 13.8 Å². The maximum atomic E-state index is 12.3. The Labute approximate surface area is 129 Å². The van der Waals surface area contributed by atoms with E-state index in [0.717, 1.165) is 10.0 Å². The molecule has 2 aromatic heterocycles. The Morgan fingerprint density at radius 3 is 2.90 bits per heavy atom. The summed E-state index contributed by atoms with van der Waals surface area (Å²) >= 11 is 3.42. The van der Waals surface area contributed by atoms with Gasteiger partial charge in [-0.15, -0.1) is 10.2 Å². The van der Waals surface area contributed by atoms with Crippen LogP contribution < -0.4 is 5.32 Å². The molecule has 0 aliphatic heterocycles. The summed E-state index contributed by atoms with van der Waals surface area (Å²) in [5, 5.41) is 10.7. The van der Waals surface area contributed by atoms with E-state index in [4.69, 9.17) is 0 Å². The van der Waals surface area contributed by atoms with Gasteiger partial charge in [0.15, 0.2) is 0 Å². The van der Waals surface area contributed by atoms with Gasteiger partial charge in [0.25, 0.3) is 11.7 Å². The van der Waals surface area contributed by atoms with E-state index in [-0.39, 0.29) is 5.91 Å². The molecule has 0 saturated carbocycles. The standard InChI is InChI=1S/C14H12BrN5O/c1-8-11(4-3-5-12(8)15)13(21)17-10-6-16-14-19-18-9(2)20(14)7-10/h3-7H,1-2H3,(H,17,21). The van der Waals surface area contributed by atoms with Crippen molar-refractivity contribution in [2.75, 3.05) is 5.32 Å². The Balaban J connectivity index is 1.92. The van der Waals surface area contributed by atoms with Gasteiger partial charge in [0, 0.05) is 16.2 Å². The van der Waals surface area contributed by atoms with Crippen LogP contribution in [-0.2, 0) is 0 Å². The van der Waals surface area contributed by atoms with E-state index >= 15 is 0 Å². The number of benzene rings is 1. The molecule has 1 amide bonds. The Morgan fingerprint density at radius 1 is 1.29 bits per heavy atom. The molecule has 3 aromatic rings.